The van der Waals surface area contributed by atoms with Gasteiger partial charge in [-0.05, 0) is 29.8 Å². The first-order valence-corrected chi connectivity index (χ1v) is 9.29. The molecule has 2 heterocycles. The van der Waals surface area contributed by atoms with Crippen LogP contribution in [0.5, 0.6) is 5.75 Å². The number of hydrogen-bond donors (Lipinski definition) is 0. The second-order valence-corrected chi connectivity index (χ2v) is 6.82. The maximum Gasteiger partial charge on any atom is 0.265 e. The minimum atomic E-state index is -0.774. The molecule has 146 valence electrons. The summed E-state index contributed by atoms with van der Waals surface area (Å²) in [5, 5.41) is 0. The van der Waals surface area contributed by atoms with Crippen molar-refractivity contribution in [1.29, 1.82) is 0 Å². The zero-order valence-electron chi connectivity index (χ0n) is 15.3. The number of morpholine rings is 1. The third kappa shape index (κ3) is 3.84. The normalized spacial score (nSPS) is 19.0. The minimum absolute atomic E-state index is 0.0462. The standard InChI is InChI=1S/C21H21FN2O4/c22-16-5-3-4-15(12-16)13-20(25)24-14-19(21(26)23-8-10-27-11-9-23)28-18-7-2-1-6-17(18)24/h1-7,12,19H,8-11,13-14H2/t19-/m0/s1. The molecule has 1 atom stereocenters. The lowest BCUT2D eigenvalue weighted by Crippen LogP contribution is -2.54. The lowest BCUT2D eigenvalue weighted by molar-refractivity contribution is -0.142. The molecule has 1 saturated heterocycles. The Balaban J connectivity index is 1.56. The molecule has 2 aliphatic rings. The highest BCUT2D eigenvalue weighted by Crippen LogP contribution is 2.34. The van der Waals surface area contributed by atoms with Crippen LogP contribution in [0.2, 0.25) is 0 Å². The van der Waals surface area contributed by atoms with Gasteiger partial charge in [0.2, 0.25) is 5.91 Å². The summed E-state index contributed by atoms with van der Waals surface area (Å²) in [7, 11) is 0. The molecule has 0 radical (unpaired) electrons. The molecule has 6 nitrogen and oxygen atoms in total. The number of halogens is 1. The Bertz CT molecular complexity index is 882. The van der Waals surface area contributed by atoms with E-state index in [1.165, 1.54) is 12.1 Å². The highest BCUT2D eigenvalue weighted by atomic mass is 19.1. The highest BCUT2D eigenvalue weighted by Gasteiger charge is 2.36. The fourth-order valence-electron chi connectivity index (χ4n) is 3.50. The Morgan fingerprint density at radius 1 is 1.07 bits per heavy atom. The molecule has 2 amide bonds. The molecule has 0 N–H and O–H groups in total. The van der Waals surface area contributed by atoms with Crippen LogP contribution in [-0.4, -0.2) is 55.7 Å². The van der Waals surface area contributed by atoms with Crippen LogP contribution < -0.4 is 9.64 Å². The number of ether oxygens (including phenoxy) is 2. The number of anilines is 1. The second kappa shape index (κ2) is 7.98. The van der Waals surface area contributed by atoms with E-state index < -0.39 is 6.10 Å². The van der Waals surface area contributed by atoms with E-state index in [9.17, 15) is 14.0 Å². The number of amides is 2. The molecular weight excluding hydrogens is 363 g/mol. The summed E-state index contributed by atoms with van der Waals surface area (Å²) in [6.07, 6.45) is -0.727. The Kier molecular flexibility index (Phi) is 5.25. The molecule has 2 aromatic carbocycles. The van der Waals surface area contributed by atoms with E-state index in [2.05, 4.69) is 0 Å². The smallest absolute Gasteiger partial charge is 0.265 e. The molecule has 0 aromatic heterocycles. The number of benzene rings is 2. The second-order valence-electron chi connectivity index (χ2n) is 6.82. The van der Waals surface area contributed by atoms with Crippen molar-refractivity contribution in [2.24, 2.45) is 0 Å². The zero-order valence-corrected chi connectivity index (χ0v) is 15.3. The fourth-order valence-corrected chi connectivity index (χ4v) is 3.50. The first-order chi connectivity index (χ1) is 13.6. The Labute approximate surface area is 162 Å². The van der Waals surface area contributed by atoms with Gasteiger partial charge in [0.05, 0.1) is 31.9 Å². The van der Waals surface area contributed by atoms with Crippen molar-refractivity contribution < 1.29 is 23.5 Å². The molecule has 0 spiro atoms. The number of fused-ring (bicyclic) bond motifs is 1. The van der Waals surface area contributed by atoms with Crippen molar-refractivity contribution >= 4 is 17.5 Å². The summed E-state index contributed by atoms with van der Waals surface area (Å²) < 4.78 is 24.7. The largest absolute Gasteiger partial charge is 0.476 e. The van der Waals surface area contributed by atoms with Gasteiger partial charge in [-0.15, -0.1) is 0 Å². The fraction of sp³-hybridized carbons (Fsp3) is 0.333. The quantitative estimate of drug-likeness (QED) is 0.813. The Hall–Kier alpha value is -2.93. The van der Waals surface area contributed by atoms with Crippen LogP contribution in [0.15, 0.2) is 48.5 Å². The van der Waals surface area contributed by atoms with Crippen molar-refractivity contribution in [1.82, 2.24) is 4.90 Å². The summed E-state index contributed by atoms with van der Waals surface area (Å²) >= 11 is 0. The van der Waals surface area contributed by atoms with Gasteiger partial charge >= 0.3 is 0 Å². The third-order valence-electron chi connectivity index (χ3n) is 4.92. The van der Waals surface area contributed by atoms with Crippen molar-refractivity contribution in [2.75, 3.05) is 37.7 Å². The summed E-state index contributed by atoms with van der Waals surface area (Å²) in [6, 6.07) is 13.1. The first kappa shape index (κ1) is 18.4. The molecule has 2 aromatic rings. The topological polar surface area (TPSA) is 59.1 Å². The van der Waals surface area contributed by atoms with Crippen molar-refractivity contribution in [3.05, 3.63) is 59.9 Å². The molecule has 0 unspecified atom stereocenters. The van der Waals surface area contributed by atoms with Crippen LogP contribution in [0.25, 0.3) is 0 Å². The lowest BCUT2D eigenvalue weighted by Gasteiger charge is -2.37. The number of carbonyl (C=O) groups is 2. The molecule has 1 fully saturated rings. The van der Waals surface area contributed by atoms with E-state index in [1.807, 2.05) is 6.07 Å². The van der Waals surface area contributed by atoms with E-state index in [4.69, 9.17) is 9.47 Å². The van der Waals surface area contributed by atoms with E-state index >= 15 is 0 Å². The van der Waals surface area contributed by atoms with E-state index in [-0.39, 0.29) is 30.6 Å². The number of carbonyl (C=O) groups excluding carboxylic acids is 2. The maximum absolute atomic E-state index is 13.5. The van der Waals surface area contributed by atoms with E-state index in [1.54, 1.807) is 40.1 Å². The van der Waals surface area contributed by atoms with Crippen LogP contribution >= 0.6 is 0 Å². The third-order valence-corrected chi connectivity index (χ3v) is 4.92. The monoisotopic (exact) mass is 384 g/mol. The van der Waals surface area contributed by atoms with Crippen molar-refractivity contribution in [3.63, 3.8) is 0 Å². The molecule has 7 heteroatoms. The van der Waals surface area contributed by atoms with Crippen molar-refractivity contribution in [2.45, 2.75) is 12.5 Å². The Morgan fingerprint density at radius 3 is 2.64 bits per heavy atom. The molecule has 4 rings (SSSR count). The summed E-state index contributed by atoms with van der Waals surface area (Å²) in [5.74, 6) is -0.247. The minimum Gasteiger partial charge on any atom is -0.476 e. The molecule has 28 heavy (non-hydrogen) atoms. The highest BCUT2D eigenvalue weighted by molar-refractivity contribution is 5.98. The van der Waals surface area contributed by atoms with Gasteiger partial charge in [0.15, 0.2) is 6.10 Å². The molecule has 0 aliphatic carbocycles. The van der Waals surface area contributed by atoms with E-state index in [0.717, 1.165) is 0 Å². The molecule has 0 bridgehead atoms. The van der Waals surface area contributed by atoms with Crippen LogP contribution in [0.4, 0.5) is 10.1 Å². The van der Waals surface area contributed by atoms with Crippen LogP contribution in [0.3, 0.4) is 0 Å². The summed E-state index contributed by atoms with van der Waals surface area (Å²) in [5.41, 5.74) is 1.21. The molecular formula is C21H21FN2O4. The summed E-state index contributed by atoms with van der Waals surface area (Å²) in [4.78, 5) is 29.1. The van der Waals surface area contributed by atoms with Gasteiger partial charge in [-0.1, -0.05) is 24.3 Å². The van der Waals surface area contributed by atoms with Gasteiger partial charge in [-0.25, -0.2) is 4.39 Å². The van der Waals surface area contributed by atoms with Gasteiger partial charge in [0.1, 0.15) is 11.6 Å². The number of para-hydroxylation sites is 2. The summed E-state index contributed by atoms with van der Waals surface area (Å²) in [6.45, 7) is 2.14. The predicted octanol–water partition coefficient (Wildman–Crippen LogP) is 2.02. The van der Waals surface area contributed by atoms with Crippen LogP contribution in [-0.2, 0) is 20.7 Å². The van der Waals surface area contributed by atoms with E-state index in [0.29, 0.717) is 43.3 Å². The van der Waals surface area contributed by atoms with Gasteiger partial charge < -0.3 is 19.3 Å². The predicted molar refractivity (Wildman–Crippen MR) is 101 cm³/mol. The average molecular weight is 384 g/mol. The van der Waals surface area contributed by atoms with Gasteiger partial charge in [-0.2, -0.15) is 0 Å². The van der Waals surface area contributed by atoms with Crippen LogP contribution in [0, 0.1) is 5.82 Å². The van der Waals surface area contributed by atoms with Gasteiger partial charge in [0, 0.05) is 13.1 Å². The SMILES string of the molecule is O=C([C@@H]1CN(C(=O)Cc2cccc(F)c2)c2ccccc2O1)N1CCOCC1. The van der Waals surface area contributed by atoms with Gasteiger partial charge in [0.25, 0.3) is 5.91 Å². The number of nitrogens with zero attached hydrogens (tertiary/aromatic N) is 2. The average Bonchev–Trinajstić information content (AvgIpc) is 2.73. The Morgan fingerprint density at radius 2 is 1.86 bits per heavy atom. The molecule has 0 saturated carbocycles. The van der Waals surface area contributed by atoms with Crippen molar-refractivity contribution in [3.8, 4) is 5.75 Å². The number of hydrogen-bond acceptors (Lipinski definition) is 4. The first-order valence-electron chi connectivity index (χ1n) is 9.29. The maximum atomic E-state index is 13.5. The number of rotatable bonds is 3. The lowest BCUT2D eigenvalue weighted by atomic mass is 10.1. The van der Waals surface area contributed by atoms with Crippen LogP contribution in [0.1, 0.15) is 5.56 Å². The molecule has 2 aliphatic heterocycles. The van der Waals surface area contributed by atoms with Gasteiger partial charge in [-0.3, -0.25) is 9.59 Å². The zero-order chi connectivity index (χ0) is 19.5.